The van der Waals surface area contributed by atoms with Crippen LogP contribution in [0.5, 0.6) is 5.75 Å². The average molecular weight is 449 g/mol. The molecule has 1 aliphatic heterocycles. The molecule has 0 aliphatic carbocycles. The minimum Gasteiger partial charge on any atom is -0.484 e. The van der Waals surface area contributed by atoms with Crippen molar-refractivity contribution >= 4 is 29.1 Å². The number of carbonyl (C=O) groups is 2. The minimum atomic E-state index is -0.637. The molecule has 1 aliphatic rings. The van der Waals surface area contributed by atoms with Crippen LogP contribution in [0.4, 0.5) is 10.1 Å². The van der Waals surface area contributed by atoms with Crippen LogP contribution in [-0.2, 0) is 4.79 Å². The number of amides is 2. The van der Waals surface area contributed by atoms with Crippen LogP contribution in [0, 0.1) is 5.82 Å². The van der Waals surface area contributed by atoms with E-state index in [9.17, 15) is 19.1 Å². The smallest absolute Gasteiger partial charge is 0.269 e. The topological polar surface area (TPSA) is 104 Å². The van der Waals surface area contributed by atoms with E-state index in [-0.39, 0.29) is 41.6 Å². The summed E-state index contributed by atoms with van der Waals surface area (Å²) < 4.78 is 18.6. The molecule has 0 unspecified atom stereocenters. The Bertz CT molecular complexity index is 982. The number of rotatable bonds is 9. The molecule has 0 radical (unpaired) electrons. The molecule has 3 rings (SSSR count). The van der Waals surface area contributed by atoms with Gasteiger partial charge in [0, 0.05) is 49.7 Å². The van der Waals surface area contributed by atoms with E-state index in [4.69, 9.17) is 16.3 Å². The SMILES string of the molecule is C=C(CCNC(=O)c1cc(N2CC(O)C2)ccn1)NC(=O)COc1ccc(Cl)c(F)c1. The molecule has 164 valence electrons. The van der Waals surface area contributed by atoms with E-state index in [0.717, 1.165) is 11.8 Å². The highest BCUT2D eigenvalue weighted by molar-refractivity contribution is 6.30. The number of aliphatic hydroxyl groups is 1. The van der Waals surface area contributed by atoms with Crippen molar-refractivity contribution in [2.45, 2.75) is 12.5 Å². The lowest BCUT2D eigenvalue weighted by atomic mass is 10.1. The molecule has 1 aromatic heterocycles. The van der Waals surface area contributed by atoms with Gasteiger partial charge in [-0.05, 0) is 24.3 Å². The van der Waals surface area contributed by atoms with Crippen LogP contribution in [0.15, 0.2) is 48.8 Å². The van der Waals surface area contributed by atoms with Crippen LogP contribution < -0.4 is 20.3 Å². The summed E-state index contributed by atoms with van der Waals surface area (Å²) in [6.45, 7) is 4.72. The first-order valence-corrected chi connectivity index (χ1v) is 9.92. The first kappa shape index (κ1) is 22.5. The van der Waals surface area contributed by atoms with Crippen LogP contribution in [0.1, 0.15) is 16.9 Å². The van der Waals surface area contributed by atoms with Gasteiger partial charge in [0.15, 0.2) is 6.61 Å². The number of anilines is 1. The molecule has 0 saturated carbocycles. The number of aromatic nitrogens is 1. The molecule has 0 atom stereocenters. The largest absolute Gasteiger partial charge is 0.484 e. The molecule has 2 amide bonds. The van der Waals surface area contributed by atoms with Crippen molar-refractivity contribution in [1.82, 2.24) is 15.6 Å². The van der Waals surface area contributed by atoms with Crippen LogP contribution in [0.25, 0.3) is 0 Å². The Morgan fingerprint density at radius 3 is 2.81 bits per heavy atom. The minimum absolute atomic E-state index is 0.0338. The molecule has 1 fully saturated rings. The van der Waals surface area contributed by atoms with E-state index in [1.165, 1.54) is 12.1 Å². The number of ether oxygens (including phenoxy) is 1. The average Bonchev–Trinajstić information content (AvgIpc) is 2.72. The fourth-order valence-electron chi connectivity index (χ4n) is 2.84. The molecule has 1 aromatic carbocycles. The fourth-order valence-corrected chi connectivity index (χ4v) is 2.95. The van der Waals surface area contributed by atoms with Crippen molar-refractivity contribution in [3.05, 3.63) is 65.3 Å². The Hall–Kier alpha value is -3.17. The number of pyridine rings is 1. The molecular formula is C21H22ClFN4O4. The maximum absolute atomic E-state index is 13.4. The summed E-state index contributed by atoms with van der Waals surface area (Å²) in [4.78, 5) is 30.2. The molecule has 31 heavy (non-hydrogen) atoms. The van der Waals surface area contributed by atoms with Gasteiger partial charge in [-0.3, -0.25) is 14.6 Å². The van der Waals surface area contributed by atoms with E-state index in [1.807, 2.05) is 4.90 Å². The number of nitrogens with zero attached hydrogens (tertiary/aromatic N) is 2. The Morgan fingerprint density at radius 2 is 2.10 bits per heavy atom. The highest BCUT2D eigenvalue weighted by atomic mass is 35.5. The summed E-state index contributed by atoms with van der Waals surface area (Å²) in [5, 5.41) is 14.6. The predicted molar refractivity (Wildman–Crippen MR) is 114 cm³/mol. The fraction of sp³-hybridized carbons (Fsp3) is 0.286. The van der Waals surface area contributed by atoms with Crippen molar-refractivity contribution < 1.29 is 23.8 Å². The summed E-state index contributed by atoms with van der Waals surface area (Å²) >= 11 is 5.59. The molecule has 2 heterocycles. The summed E-state index contributed by atoms with van der Waals surface area (Å²) in [5.41, 5.74) is 1.48. The second kappa shape index (κ2) is 10.2. The first-order valence-electron chi connectivity index (χ1n) is 9.54. The Morgan fingerprint density at radius 1 is 1.32 bits per heavy atom. The maximum Gasteiger partial charge on any atom is 0.269 e. The van der Waals surface area contributed by atoms with E-state index in [1.54, 1.807) is 18.3 Å². The second-order valence-corrected chi connectivity index (χ2v) is 7.39. The molecule has 3 N–H and O–H groups in total. The zero-order chi connectivity index (χ0) is 22.4. The lowest BCUT2D eigenvalue weighted by Crippen LogP contribution is -2.50. The molecule has 8 nitrogen and oxygen atoms in total. The Kier molecular flexibility index (Phi) is 7.43. The summed E-state index contributed by atoms with van der Waals surface area (Å²) in [5.74, 6) is -1.27. The van der Waals surface area contributed by atoms with Gasteiger partial charge in [0.05, 0.1) is 11.1 Å². The number of carbonyl (C=O) groups excluding carboxylic acids is 2. The van der Waals surface area contributed by atoms with Gasteiger partial charge in [0.25, 0.3) is 11.8 Å². The molecule has 10 heteroatoms. The van der Waals surface area contributed by atoms with Crippen molar-refractivity contribution in [3.8, 4) is 5.75 Å². The van der Waals surface area contributed by atoms with Crippen molar-refractivity contribution in [3.63, 3.8) is 0 Å². The van der Waals surface area contributed by atoms with Gasteiger partial charge < -0.3 is 25.4 Å². The third-order valence-electron chi connectivity index (χ3n) is 4.49. The molecule has 1 saturated heterocycles. The number of hydrogen-bond donors (Lipinski definition) is 3. The number of benzene rings is 1. The lowest BCUT2D eigenvalue weighted by molar-refractivity contribution is -0.122. The monoisotopic (exact) mass is 448 g/mol. The van der Waals surface area contributed by atoms with Gasteiger partial charge in [-0.1, -0.05) is 18.2 Å². The second-order valence-electron chi connectivity index (χ2n) is 6.98. The van der Waals surface area contributed by atoms with Crippen LogP contribution in [0.3, 0.4) is 0 Å². The van der Waals surface area contributed by atoms with Gasteiger partial charge in [-0.15, -0.1) is 0 Å². The van der Waals surface area contributed by atoms with Crippen molar-refractivity contribution in [2.75, 3.05) is 31.1 Å². The third kappa shape index (κ3) is 6.40. The summed E-state index contributed by atoms with van der Waals surface area (Å²) in [6, 6.07) is 7.32. The first-order chi connectivity index (χ1) is 14.8. The van der Waals surface area contributed by atoms with E-state index < -0.39 is 11.7 Å². The Balaban J connectivity index is 1.37. The number of aliphatic hydroxyl groups excluding tert-OH is 1. The number of nitrogens with one attached hydrogen (secondary N) is 2. The maximum atomic E-state index is 13.4. The van der Waals surface area contributed by atoms with Crippen LogP contribution in [-0.4, -0.2) is 54.2 Å². The number of β-amino-alcohol motifs (C(OH)–C–C–N with tert-alkyl or cyclic N) is 1. The molecule has 2 aromatic rings. The van der Waals surface area contributed by atoms with Gasteiger partial charge in [-0.25, -0.2) is 4.39 Å². The lowest BCUT2D eigenvalue weighted by Gasteiger charge is -2.37. The zero-order valence-electron chi connectivity index (χ0n) is 16.6. The predicted octanol–water partition coefficient (Wildman–Crippen LogP) is 1.88. The van der Waals surface area contributed by atoms with E-state index >= 15 is 0 Å². The van der Waals surface area contributed by atoms with Gasteiger partial charge >= 0.3 is 0 Å². The molecular weight excluding hydrogens is 427 g/mol. The van der Waals surface area contributed by atoms with Crippen LogP contribution in [0.2, 0.25) is 5.02 Å². The zero-order valence-corrected chi connectivity index (χ0v) is 17.4. The molecule has 0 bridgehead atoms. The van der Waals surface area contributed by atoms with Crippen LogP contribution >= 0.6 is 11.6 Å². The summed E-state index contributed by atoms with van der Waals surface area (Å²) in [7, 11) is 0. The highest BCUT2D eigenvalue weighted by Gasteiger charge is 2.25. The van der Waals surface area contributed by atoms with Gasteiger partial charge in [0.2, 0.25) is 0 Å². The standard InChI is InChI=1S/C21H22ClFN4O4/c1-13(26-20(29)12-31-16-2-3-17(22)18(23)9-16)4-6-25-21(30)19-8-14(5-7-24-19)27-10-15(28)11-27/h2-3,5,7-9,15,28H,1,4,6,10-12H2,(H,25,30)(H,26,29). The van der Waals surface area contributed by atoms with Crippen molar-refractivity contribution in [1.29, 1.82) is 0 Å². The van der Waals surface area contributed by atoms with E-state index in [2.05, 4.69) is 22.2 Å². The summed E-state index contributed by atoms with van der Waals surface area (Å²) in [6.07, 6.45) is 1.51. The third-order valence-corrected chi connectivity index (χ3v) is 4.80. The Labute approximate surface area is 183 Å². The molecule has 0 spiro atoms. The highest BCUT2D eigenvalue weighted by Crippen LogP contribution is 2.21. The number of hydrogen-bond acceptors (Lipinski definition) is 6. The van der Waals surface area contributed by atoms with Gasteiger partial charge in [0.1, 0.15) is 17.3 Å². The van der Waals surface area contributed by atoms with Gasteiger partial charge in [-0.2, -0.15) is 0 Å². The van der Waals surface area contributed by atoms with E-state index in [0.29, 0.717) is 25.2 Å². The quantitative estimate of drug-likeness (QED) is 0.541. The normalized spacial score (nSPS) is 13.3. The van der Waals surface area contributed by atoms with Crippen molar-refractivity contribution in [2.24, 2.45) is 0 Å². The number of halogens is 2.